The molecule has 0 aliphatic carbocycles. The lowest BCUT2D eigenvalue weighted by atomic mass is 10.3. The Balaban J connectivity index is 2.03. The predicted octanol–water partition coefficient (Wildman–Crippen LogP) is 3.12. The molecule has 0 unspecified atom stereocenters. The molecule has 0 aliphatic rings. The molecule has 2 aromatic heterocycles. The molecule has 0 bridgehead atoms. The Hall–Kier alpha value is -2.38. The zero-order chi connectivity index (χ0) is 14.7. The van der Waals surface area contributed by atoms with Gasteiger partial charge in [0.1, 0.15) is 16.4 Å². The van der Waals surface area contributed by atoms with Gasteiger partial charge in [-0.2, -0.15) is 4.98 Å². The first-order valence-electron chi connectivity index (χ1n) is 6.52. The van der Waals surface area contributed by atoms with E-state index in [0.717, 1.165) is 21.7 Å². The first-order chi connectivity index (χ1) is 10.3. The summed E-state index contributed by atoms with van der Waals surface area (Å²) in [4.78, 5) is 9.57. The minimum atomic E-state index is 0.376. The van der Waals surface area contributed by atoms with Crippen molar-refractivity contribution < 1.29 is 4.74 Å². The Bertz CT molecular complexity index is 758. The van der Waals surface area contributed by atoms with Crippen molar-refractivity contribution in [1.29, 1.82) is 0 Å². The van der Waals surface area contributed by atoms with E-state index < -0.39 is 0 Å². The highest BCUT2D eigenvalue weighted by molar-refractivity contribution is 7.16. The third kappa shape index (κ3) is 2.74. The Morgan fingerprint density at radius 1 is 1.24 bits per heavy atom. The number of rotatable bonds is 5. The molecule has 0 saturated carbocycles. The maximum absolute atomic E-state index is 5.62. The number of benzene rings is 1. The van der Waals surface area contributed by atoms with Gasteiger partial charge in [-0.1, -0.05) is 12.1 Å². The summed E-state index contributed by atoms with van der Waals surface area (Å²) in [5, 5.41) is 6.22. The van der Waals surface area contributed by atoms with Crippen molar-refractivity contribution in [1.82, 2.24) is 9.97 Å². The van der Waals surface area contributed by atoms with Crippen molar-refractivity contribution in [2.24, 2.45) is 5.84 Å². The number of hydrogen-bond donors (Lipinski definition) is 3. The van der Waals surface area contributed by atoms with E-state index in [9.17, 15) is 0 Å². The molecule has 7 heteroatoms. The zero-order valence-electron chi connectivity index (χ0n) is 11.5. The van der Waals surface area contributed by atoms with Crippen LogP contribution in [0.1, 0.15) is 6.92 Å². The first-order valence-corrected chi connectivity index (χ1v) is 7.40. The van der Waals surface area contributed by atoms with Crippen LogP contribution in [0.2, 0.25) is 0 Å². The van der Waals surface area contributed by atoms with Crippen LogP contribution in [-0.4, -0.2) is 16.6 Å². The van der Waals surface area contributed by atoms with Gasteiger partial charge in [0, 0.05) is 0 Å². The lowest BCUT2D eigenvalue weighted by Gasteiger charge is -2.12. The summed E-state index contributed by atoms with van der Waals surface area (Å²) in [6.45, 7) is 2.56. The molecule has 108 valence electrons. The van der Waals surface area contributed by atoms with E-state index in [4.69, 9.17) is 10.6 Å². The van der Waals surface area contributed by atoms with Crippen molar-refractivity contribution >= 4 is 39.0 Å². The maximum atomic E-state index is 5.62. The molecule has 0 radical (unpaired) electrons. The van der Waals surface area contributed by atoms with Gasteiger partial charge in [-0.3, -0.25) is 5.43 Å². The topological polar surface area (TPSA) is 85.1 Å². The highest BCUT2D eigenvalue weighted by Crippen LogP contribution is 2.32. The molecule has 0 fully saturated rings. The molecule has 21 heavy (non-hydrogen) atoms. The Morgan fingerprint density at radius 3 is 2.90 bits per heavy atom. The van der Waals surface area contributed by atoms with E-state index in [0.29, 0.717) is 18.4 Å². The number of ether oxygens (including phenoxy) is 1. The quantitative estimate of drug-likeness (QED) is 0.496. The monoisotopic (exact) mass is 301 g/mol. The number of nitrogens with one attached hydrogen (secondary N) is 2. The number of hydrazine groups is 1. The lowest BCUT2D eigenvalue weighted by molar-refractivity contribution is 0.342. The average molecular weight is 301 g/mol. The second-order valence-corrected chi connectivity index (χ2v) is 5.13. The molecule has 0 aliphatic heterocycles. The van der Waals surface area contributed by atoms with Crippen LogP contribution < -0.4 is 21.3 Å². The largest absolute Gasteiger partial charge is 0.492 e. The Labute approximate surface area is 126 Å². The molecule has 0 spiro atoms. The van der Waals surface area contributed by atoms with E-state index in [2.05, 4.69) is 20.7 Å². The highest BCUT2D eigenvalue weighted by atomic mass is 32.1. The third-order valence-corrected chi connectivity index (χ3v) is 3.70. The van der Waals surface area contributed by atoms with E-state index in [1.807, 2.05) is 42.6 Å². The third-order valence-electron chi connectivity index (χ3n) is 2.89. The van der Waals surface area contributed by atoms with Crippen molar-refractivity contribution in [2.75, 3.05) is 17.3 Å². The fraction of sp³-hybridized carbons (Fsp3) is 0.143. The molecule has 2 heterocycles. The fourth-order valence-corrected chi connectivity index (χ4v) is 2.76. The van der Waals surface area contributed by atoms with Gasteiger partial charge in [-0.25, -0.2) is 10.8 Å². The minimum Gasteiger partial charge on any atom is -0.492 e. The standard InChI is InChI=1S/C14H15N5OS/c1-2-20-11-6-4-3-5-10(11)16-12-9-7-8-21-13(9)18-14(17-12)19-15/h3-8H,2,15H2,1H3,(H2,16,17,18,19). The van der Waals surface area contributed by atoms with Crippen LogP contribution in [0.5, 0.6) is 5.75 Å². The Morgan fingerprint density at radius 2 is 2.10 bits per heavy atom. The van der Waals surface area contributed by atoms with Crippen molar-refractivity contribution in [3.8, 4) is 5.75 Å². The number of nitrogen functional groups attached to an aromatic ring is 1. The van der Waals surface area contributed by atoms with E-state index in [1.54, 1.807) is 0 Å². The molecular weight excluding hydrogens is 286 g/mol. The van der Waals surface area contributed by atoms with Gasteiger partial charge in [-0.05, 0) is 30.5 Å². The number of nitrogens with two attached hydrogens (primary N) is 1. The van der Waals surface area contributed by atoms with Gasteiger partial charge < -0.3 is 10.1 Å². The van der Waals surface area contributed by atoms with Gasteiger partial charge in [0.15, 0.2) is 0 Å². The van der Waals surface area contributed by atoms with Crippen LogP contribution in [0, 0.1) is 0 Å². The molecule has 4 N–H and O–H groups in total. The molecule has 6 nitrogen and oxygen atoms in total. The molecule has 3 rings (SSSR count). The number of anilines is 3. The van der Waals surface area contributed by atoms with Crippen LogP contribution in [-0.2, 0) is 0 Å². The predicted molar refractivity (Wildman–Crippen MR) is 86.1 cm³/mol. The number of fused-ring (bicyclic) bond motifs is 1. The molecule has 0 atom stereocenters. The van der Waals surface area contributed by atoms with E-state index >= 15 is 0 Å². The molecule has 1 aromatic carbocycles. The smallest absolute Gasteiger partial charge is 0.240 e. The number of hydrogen-bond acceptors (Lipinski definition) is 7. The Kier molecular flexibility index (Phi) is 3.85. The molecule has 0 saturated heterocycles. The fourth-order valence-electron chi connectivity index (χ4n) is 1.99. The average Bonchev–Trinajstić information content (AvgIpc) is 2.98. The van der Waals surface area contributed by atoms with Crippen molar-refractivity contribution in [2.45, 2.75) is 6.92 Å². The van der Waals surface area contributed by atoms with Crippen LogP contribution in [0.15, 0.2) is 35.7 Å². The number of aromatic nitrogens is 2. The molecule has 3 aromatic rings. The summed E-state index contributed by atoms with van der Waals surface area (Å²) in [6, 6.07) is 9.72. The van der Waals surface area contributed by atoms with Crippen LogP contribution in [0.25, 0.3) is 10.2 Å². The van der Waals surface area contributed by atoms with Crippen molar-refractivity contribution in [3.05, 3.63) is 35.7 Å². The summed E-state index contributed by atoms with van der Waals surface area (Å²) in [5.41, 5.74) is 3.34. The van der Waals surface area contributed by atoms with E-state index in [-0.39, 0.29) is 0 Å². The van der Waals surface area contributed by atoms with Gasteiger partial charge in [0.05, 0.1) is 17.7 Å². The summed E-state index contributed by atoms with van der Waals surface area (Å²) in [7, 11) is 0. The van der Waals surface area contributed by atoms with Crippen molar-refractivity contribution in [3.63, 3.8) is 0 Å². The van der Waals surface area contributed by atoms with Crippen LogP contribution >= 0.6 is 11.3 Å². The zero-order valence-corrected chi connectivity index (χ0v) is 12.3. The van der Waals surface area contributed by atoms with E-state index in [1.165, 1.54) is 11.3 Å². The highest BCUT2D eigenvalue weighted by Gasteiger charge is 2.10. The van der Waals surface area contributed by atoms with Gasteiger partial charge in [0.2, 0.25) is 5.95 Å². The normalized spacial score (nSPS) is 10.6. The SMILES string of the molecule is CCOc1ccccc1Nc1nc(NN)nc2sccc12. The maximum Gasteiger partial charge on any atom is 0.240 e. The number of thiophene rings is 1. The number of nitrogens with zero attached hydrogens (tertiary/aromatic N) is 2. The summed E-state index contributed by atoms with van der Waals surface area (Å²) >= 11 is 1.54. The first kappa shape index (κ1) is 13.6. The summed E-state index contributed by atoms with van der Waals surface area (Å²) in [5.74, 6) is 7.28. The minimum absolute atomic E-state index is 0.376. The summed E-state index contributed by atoms with van der Waals surface area (Å²) in [6.07, 6.45) is 0. The van der Waals surface area contributed by atoms with Gasteiger partial charge in [-0.15, -0.1) is 11.3 Å². The van der Waals surface area contributed by atoms with Gasteiger partial charge in [0.25, 0.3) is 0 Å². The number of para-hydroxylation sites is 2. The summed E-state index contributed by atoms with van der Waals surface area (Å²) < 4.78 is 5.62. The second kappa shape index (κ2) is 5.94. The molecule has 0 amide bonds. The lowest BCUT2D eigenvalue weighted by Crippen LogP contribution is -2.11. The van der Waals surface area contributed by atoms with Crippen LogP contribution in [0.3, 0.4) is 0 Å². The van der Waals surface area contributed by atoms with Crippen LogP contribution in [0.4, 0.5) is 17.5 Å². The second-order valence-electron chi connectivity index (χ2n) is 4.23. The van der Waals surface area contributed by atoms with Gasteiger partial charge >= 0.3 is 0 Å². The molecular formula is C14H15N5OS.